The zero-order valence-electron chi connectivity index (χ0n) is 17.1. The number of carbonyl (C=O) groups excluding carboxylic acids is 1. The van der Waals surface area contributed by atoms with Crippen molar-refractivity contribution >= 4 is 37.5 Å². The predicted octanol–water partition coefficient (Wildman–Crippen LogP) is 1.54. The average molecular weight is 465 g/mol. The Morgan fingerprint density at radius 3 is 2.48 bits per heavy atom. The van der Waals surface area contributed by atoms with Gasteiger partial charge in [-0.25, -0.2) is 16.8 Å². The van der Waals surface area contributed by atoms with E-state index < -0.39 is 26.0 Å². The minimum atomic E-state index is -3.61. The van der Waals surface area contributed by atoms with Gasteiger partial charge in [0.25, 0.3) is 15.9 Å². The van der Waals surface area contributed by atoms with Crippen LogP contribution in [-0.4, -0.2) is 63.2 Å². The molecule has 1 fully saturated rings. The summed E-state index contributed by atoms with van der Waals surface area (Å²) in [4.78, 5) is 14.5. The van der Waals surface area contributed by atoms with Crippen LogP contribution in [0.5, 0.6) is 0 Å². The summed E-state index contributed by atoms with van der Waals surface area (Å²) in [6.07, 6.45) is 6.51. The zero-order valence-corrected chi connectivity index (χ0v) is 18.7. The number of anilines is 1. The number of nitrogens with zero attached hydrogens (tertiary/aromatic N) is 3. The molecule has 0 aliphatic carbocycles. The van der Waals surface area contributed by atoms with E-state index in [1.165, 1.54) is 34.6 Å². The predicted molar refractivity (Wildman–Crippen MR) is 117 cm³/mol. The highest BCUT2D eigenvalue weighted by molar-refractivity contribution is 7.90. The Morgan fingerprint density at radius 2 is 1.81 bits per heavy atom. The summed E-state index contributed by atoms with van der Waals surface area (Å²) < 4.78 is 54.6. The summed E-state index contributed by atoms with van der Waals surface area (Å²) in [6.45, 7) is 3.35. The van der Waals surface area contributed by atoms with Gasteiger partial charge in [0.15, 0.2) is 5.84 Å². The molecule has 0 atom stereocenters. The van der Waals surface area contributed by atoms with E-state index >= 15 is 0 Å². The van der Waals surface area contributed by atoms with Gasteiger partial charge in [0.1, 0.15) is 0 Å². The largest absolute Gasteiger partial charge is 0.331 e. The van der Waals surface area contributed by atoms with Gasteiger partial charge in [0.2, 0.25) is 10.0 Å². The number of rotatable bonds is 4. The lowest BCUT2D eigenvalue weighted by molar-refractivity contribution is -0.112. The fourth-order valence-corrected chi connectivity index (χ4v) is 6.13. The summed E-state index contributed by atoms with van der Waals surface area (Å²) >= 11 is 0. The van der Waals surface area contributed by atoms with Crippen LogP contribution in [0.2, 0.25) is 0 Å². The second-order valence-electron chi connectivity index (χ2n) is 7.88. The number of amidine groups is 1. The third-order valence-electron chi connectivity index (χ3n) is 5.59. The van der Waals surface area contributed by atoms with Crippen LogP contribution in [0.4, 0.5) is 5.69 Å². The van der Waals surface area contributed by atoms with Crippen LogP contribution in [-0.2, 0) is 24.8 Å². The quantitative estimate of drug-likeness (QED) is 0.723. The summed E-state index contributed by atoms with van der Waals surface area (Å²) in [5.74, 6) is -0.0232. The van der Waals surface area contributed by atoms with Gasteiger partial charge in [-0.15, -0.1) is 4.40 Å². The van der Waals surface area contributed by atoms with Gasteiger partial charge in [-0.1, -0.05) is 6.92 Å². The van der Waals surface area contributed by atoms with E-state index in [9.17, 15) is 21.6 Å². The number of carbonyl (C=O) groups is 1. The third kappa shape index (κ3) is 4.58. The minimum absolute atomic E-state index is 0.0878. The van der Waals surface area contributed by atoms with E-state index in [0.29, 0.717) is 24.7 Å². The average Bonchev–Trinajstić information content (AvgIpc) is 2.73. The summed E-state index contributed by atoms with van der Waals surface area (Å²) in [7, 11) is -7.18. The summed E-state index contributed by atoms with van der Waals surface area (Å²) in [6, 6.07) is 5.97. The number of sulfonamides is 2. The topological polar surface area (TPSA) is 116 Å². The molecule has 0 bridgehead atoms. The standard InChI is InChI=1S/C20H24N4O5S2/c1-15-8-11-24(12-9-15)31(28,29)17-6-4-16(5-7-17)21-20(25)18-3-2-10-23-13-14-30(26,27)22-19(18)23/h2-7,10,15H,8-9,11-14H2,1H3,(H,21,25). The Hall–Kier alpha value is -2.50. The molecule has 4 rings (SSSR count). The molecular formula is C20H24N4O5S2. The lowest BCUT2D eigenvalue weighted by Crippen LogP contribution is -2.40. The lowest BCUT2D eigenvalue weighted by atomic mass is 10.0. The molecule has 31 heavy (non-hydrogen) atoms. The van der Waals surface area contributed by atoms with Crippen molar-refractivity contribution in [2.75, 3.05) is 30.7 Å². The number of hydrogen-bond donors (Lipinski definition) is 1. The highest BCUT2D eigenvalue weighted by atomic mass is 32.2. The Morgan fingerprint density at radius 1 is 1.13 bits per heavy atom. The van der Waals surface area contributed by atoms with Crippen LogP contribution in [0.3, 0.4) is 0 Å². The summed E-state index contributed by atoms with van der Waals surface area (Å²) in [5.41, 5.74) is 0.530. The van der Waals surface area contributed by atoms with Gasteiger partial charge in [0.05, 0.1) is 16.2 Å². The molecule has 0 saturated carbocycles. The van der Waals surface area contributed by atoms with Gasteiger partial charge in [-0.3, -0.25) is 4.79 Å². The van der Waals surface area contributed by atoms with Crippen LogP contribution in [0.25, 0.3) is 0 Å². The van der Waals surface area contributed by atoms with E-state index in [0.717, 1.165) is 12.8 Å². The van der Waals surface area contributed by atoms with Gasteiger partial charge >= 0.3 is 0 Å². The monoisotopic (exact) mass is 464 g/mol. The van der Waals surface area contributed by atoms with Gasteiger partial charge < -0.3 is 10.2 Å². The Labute approximate surface area is 182 Å². The normalized spacial score (nSPS) is 21.8. The first kappa shape index (κ1) is 21.7. The molecule has 1 aromatic carbocycles. The second-order valence-corrected chi connectivity index (χ2v) is 11.6. The van der Waals surface area contributed by atoms with Gasteiger partial charge in [-0.05, 0) is 55.2 Å². The molecule has 0 aromatic heterocycles. The van der Waals surface area contributed by atoms with Crippen molar-refractivity contribution in [3.05, 3.63) is 48.2 Å². The molecule has 11 heteroatoms. The van der Waals surface area contributed by atoms with Crippen molar-refractivity contribution in [1.29, 1.82) is 0 Å². The Balaban J connectivity index is 1.49. The number of allylic oxidation sites excluding steroid dienone is 2. The van der Waals surface area contributed by atoms with Gasteiger partial charge in [0, 0.05) is 31.5 Å². The highest BCUT2D eigenvalue weighted by Gasteiger charge is 2.30. The number of benzene rings is 1. The van der Waals surface area contributed by atoms with Crippen LogP contribution in [0.1, 0.15) is 19.8 Å². The number of amides is 1. The highest BCUT2D eigenvalue weighted by Crippen LogP contribution is 2.25. The number of hydrogen-bond acceptors (Lipinski definition) is 6. The molecule has 3 heterocycles. The number of piperidine rings is 1. The van der Waals surface area contributed by atoms with Crippen molar-refractivity contribution in [3.63, 3.8) is 0 Å². The maximum atomic E-state index is 12.8. The first-order chi connectivity index (χ1) is 14.7. The molecule has 1 aromatic rings. The zero-order chi connectivity index (χ0) is 22.2. The fourth-order valence-electron chi connectivity index (χ4n) is 3.68. The van der Waals surface area contributed by atoms with Crippen molar-refractivity contribution in [1.82, 2.24) is 9.21 Å². The lowest BCUT2D eigenvalue weighted by Gasteiger charge is -2.29. The van der Waals surface area contributed by atoms with E-state index in [1.54, 1.807) is 17.2 Å². The summed E-state index contributed by atoms with van der Waals surface area (Å²) in [5, 5.41) is 2.68. The Bertz CT molecular complexity index is 1180. The van der Waals surface area contributed by atoms with Crippen LogP contribution in [0.15, 0.2) is 57.5 Å². The van der Waals surface area contributed by atoms with E-state index in [1.807, 2.05) is 0 Å². The second kappa shape index (κ2) is 8.21. The molecule has 1 N–H and O–H groups in total. The SMILES string of the molecule is CC1CCN(S(=O)(=O)c2ccc(NC(=O)C3=CC=CN4CCS(=O)(=O)N=C34)cc2)CC1. The smallest absolute Gasteiger partial charge is 0.259 e. The third-order valence-corrected chi connectivity index (χ3v) is 8.66. The molecule has 1 amide bonds. The molecule has 3 aliphatic rings. The van der Waals surface area contributed by atoms with Crippen molar-refractivity contribution in [2.24, 2.45) is 10.3 Å². The molecule has 0 unspecified atom stereocenters. The maximum absolute atomic E-state index is 12.8. The maximum Gasteiger partial charge on any atom is 0.259 e. The molecule has 3 aliphatic heterocycles. The van der Waals surface area contributed by atoms with Gasteiger partial charge in [-0.2, -0.15) is 4.31 Å². The van der Waals surface area contributed by atoms with E-state index in [4.69, 9.17) is 0 Å². The first-order valence-corrected chi connectivity index (χ1v) is 13.1. The van der Waals surface area contributed by atoms with E-state index in [2.05, 4.69) is 16.6 Å². The minimum Gasteiger partial charge on any atom is -0.331 e. The molecule has 0 spiro atoms. The van der Waals surface area contributed by atoms with E-state index in [-0.39, 0.29) is 28.6 Å². The Kier molecular flexibility index (Phi) is 5.75. The molecule has 0 radical (unpaired) electrons. The van der Waals surface area contributed by atoms with Crippen molar-refractivity contribution in [2.45, 2.75) is 24.7 Å². The molecular weight excluding hydrogens is 440 g/mol. The molecule has 166 valence electrons. The number of nitrogens with one attached hydrogen (secondary N) is 1. The van der Waals surface area contributed by atoms with Crippen molar-refractivity contribution in [3.8, 4) is 0 Å². The fraction of sp³-hybridized carbons (Fsp3) is 0.400. The number of fused-ring (bicyclic) bond motifs is 1. The van der Waals surface area contributed by atoms with Crippen molar-refractivity contribution < 1.29 is 21.6 Å². The molecule has 1 saturated heterocycles. The van der Waals surface area contributed by atoms with Crippen LogP contribution in [0, 0.1) is 5.92 Å². The first-order valence-electron chi connectivity index (χ1n) is 10.1. The van der Waals surface area contributed by atoms with Crippen LogP contribution >= 0.6 is 0 Å². The van der Waals surface area contributed by atoms with Crippen LogP contribution < -0.4 is 5.32 Å². The molecule has 9 nitrogen and oxygen atoms in total.